The fourth-order valence-electron chi connectivity index (χ4n) is 1.45. The summed E-state index contributed by atoms with van der Waals surface area (Å²) in [4.78, 5) is 0. The lowest BCUT2D eigenvalue weighted by Gasteiger charge is -2.14. The summed E-state index contributed by atoms with van der Waals surface area (Å²) in [6, 6.07) is 6.93. The lowest BCUT2D eigenvalue weighted by Crippen LogP contribution is -2.32. The van der Waals surface area contributed by atoms with E-state index in [-0.39, 0.29) is 37.2 Å². The topological polar surface area (TPSA) is 50.7 Å². The summed E-state index contributed by atoms with van der Waals surface area (Å²) in [5, 5.41) is 12.4. The fraction of sp³-hybridized carbons (Fsp3) is 0.538. The Morgan fingerprint density at radius 2 is 2.05 bits per heavy atom. The first-order chi connectivity index (χ1) is 9.90. The zero-order valence-corrected chi connectivity index (χ0v) is 12.3. The molecule has 4 nitrogen and oxygen atoms in total. The van der Waals surface area contributed by atoms with Crippen LogP contribution < -0.4 is 14.8 Å². The standard InChI is InChI=1S/C13H18F3NO3S/c1-19-11-3-2-4-12(7-11)20-9-10(18)8-17-5-6-21-13(14,15)16/h2-4,7,10,17-18H,5-6,8-9H2,1H3. The van der Waals surface area contributed by atoms with E-state index in [1.54, 1.807) is 24.3 Å². The van der Waals surface area contributed by atoms with Crippen LogP contribution in [0.1, 0.15) is 0 Å². The van der Waals surface area contributed by atoms with E-state index in [9.17, 15) is 18.3 Å². The van der Waals surface area contributed by atoms with Gasteiger partial charge in [0.2, 0.25) is 0 Å². The van der Waals surface area contributed by atoms with Crippen molar-refractivity contribution in [1.29, 1.82) is 0 Å². The molecular weight excluding hydrogens is 307 g/mol. The number of nitrogens with one attached hydrogen (secondary N) is 1. The number of aliphatic hydroxyl groups is 1. The number of alkyl halides is 3. The van der Waals surface area contributed by atoms with E-state index in [1.165, 1.54) is 7.11 Å². The Balaban J connectivity index is 2.14. The maximum absolute atomic E-state index is 11.9. The van der Waals surface area contributed by atoms with Crippen molar-refractivity contribution in [2.75, 3.05) is 32.6 Å². The molecule has 0 fully saturated rings. The Hall–Kier alpha value is -1.12. The third kappa shape index (κ3) is 8.69. The number of hydrogen-bond donors (Lipinski definition) is 2. The second-order valence-corrected chi connectivity index (χ2v) is 5.30. The maximum Gasteiger partial charge on any atom is 0.441 e. The fourth-order valence-corrected chi connectivity index (χ4v) is 1.93. The highest BCUT2D eigenvalue weighted by molar-refractivity contribution is 8.00. The van der Waals surface area contributed by atoms with Crippen LogP contribution >= 0.6 is 11.8 Å². The summed E-state index contributed by atoms with van der Waals surface area (Å²) in [6.45, 7) is 0.384. The molecule has 1 aromatic rings. The van der Waals surface area contributed by atoms with E-state index in [0.717, 1.165) is 0 Å². The van der Waals surface area contributed by atoms with Gasteiger partial charge in [-0.15, -0.1) is 0 Å². The number of thioether (sulfide) groups is 1. The molecule has 0 aromatic heterocycles. The molecule has 120 valence electrons. The van der Waals surface area contributed by atoms with Gasteiger partial charge in [0.25, 0.3) is 0 Å². The van der Waals surface area contributed by atoms with E-state index in [2.05, 4.69) is 5.32 Å². The van der Waals surface area contributed by atoms with Gasteiger partial charge < -0.3 is 19.9 Å². The van der Waals surface area contributed by atoms with Crippen LogP contribution in [0.2, 0.25) is 0 Å². The number of benzene rings is 1. The normalized spacial score (nSPS) is 13.0. The van der Waals surface area contributed by atoms with Crippen molar-refractivity contribution in [1.82, 2.24) is 5.32 Å². The van der Waals surface area contributed by atoms with Crippen LogP contribution in [-0.4, -0.2) is 49.3 Å². The Morgan fingerprint density at radius 1 is 1.33 bits per heavy atom. The van der Waals surface area contributed by atoms with Crippen LogP contribution in [0.3, 0.4) is 0 Å². The van der Waals surface area contributed by atoms with E-state index >= 15 is 0 Å². The first kappa shape index (κ1) is 17.9. The van der Waals surface area contributed by atoms with Gasteiger partial charge in [-0.25, -0.2) is 0 Å². The predicted octanol–water partition coefficient (Wildman–Crippen LogP) is 2.28. The highest BCUT2D eigenvalue weighted by Crippen LogP contribution is 2.29. The first-order valence-corrected chi connectivity index (χ1v) is 7.25. The quantitative estimate of drug-likeness (QED) is 0.682. The van der Waals surface area contributed by atoms with Gasteiger partial charge in [0.05, 0.1) is 7.11 Å². The van der Waals surface area contributed by atoms with Crippen LogP contribution in [-0.2, 0) is 0 Å². The molecule has 0 heterocycles. The number of methoxy groups -OCH3 is 1. The highest BCUT2D eigenvalue weighted by atomic mass is 32.2. The predicted molar refractivity (Wildman–Crippen MR) is 75.9 cm³/mol. The molecule has 0 aliphatic heterocycles. The van der Waals surface area contributed by atoms with Crippen LogP contribution in [0.4, 0.5) is 13.2 Å². The molecule has 0 bridgehead atoms. The van der Waals surface area contributed by atoms with Gasteiger partial charge in [-0.3, -0.25) is 0 Å². The van der Waals surface area contributed by atoms with Crippen molar-refractivity contribution in [2.45, 2.75) is 11.6 Å². The molecule has 0 aliphatic rings. The molecule has 1 aromatic carbocycles. The molecule has 1 rings (SSSR count). The largest absolute Gasteiger partial charge is 0.497 e. The maximum atomic E-state index is 11.9. The van der Waals surface area contributed by atoms with Gasteiger partial charge in [0.15, 0.2) is 0 Å². The van der Waals surface area contributed by atoms with E-state index in [0.29, 0.717) is 11.5 Å². The zero-order chi connectivity index (χ0) is 15.7. The Kier molecular flexibility index (Phi) is 7.69. The second kappa shape index (κ2) is 9.01. The van der Waals surface area contributed by atoms with Gasteiger partial charge >= 0.3 is 5.51 Å². The molecule has 1 unspecified atom stereocenters. The van der Waals surface area contributed by atoms with E-state index in [1.807, 2.05) is 0 Å². The summed E-state index contributed by atoms with van der Waals surface area (Å²) in [6.07, 6.45) is -0.799. The number of rotatable bonds is 9. The monoisotopic (exact) mass is 325 g/mol. The van der Waals surface area contributed by atoms with Crippen molar-refractivity contribution >= 4 is 11.8 Å². The number of hydrogen-bond acceptors (Lipinski definition) is 5. The molecule has 0 saturated heterocycles. The molecule has 2 N–H and O–H groups in total. The summed E-state index contributed by atoms with van der Waals surface area (Å²) in [5.41, 5.74) is -4.21. The Bertz CT molecular complexity index is 418. The van der Waals surface area contributed by atoms with Crippen molar-refractivity contribution in [3.63, 3.8) is 0 Å². The second-order valence-electron chi connectivity index (χ2n) is 4.14. The van der Waals surface area contributed by atoms with E-state index < -0.39 is 11.6 Å². The van der Waals surface area contributed by atoms with Gasteiger partial charge in [-0.1, -0.05) is 6.07 Å². The van der Waals surface area contributed by atoms with Crippen LogP contribution in [0, 0.1) is 0 Å². The molecule has 0 radical (unpaired) electrons. The van der Waals surface area contributed by atoms with Gasteiger partial charge in [0, 0.05) is 24.9 Å². The molecular formula is C13H18F3NO3S. The van der Waals surface area contributed by atoms with Crippen LogP contribution in [0.25, 0.3) is 0 Å². The van der Waals surface area contributed by atoms with Crippen molar-refractivity contribution in [3.8, 4) is 11.5 Å². The molecule has 0 saturated carbocycles. The average Bonchev–Trinajstić information content (AvgIpc) is 2.44. The van der Waals surface area contributed by atoms with Gasteiger partial charge in [0.1, 0.15) is 24.2 Å². The lowest BCUT2D eigenvalue weighted by atomic mass is 10.3. The van der Waals surface area contributed by atoms with Gasteiger partial charge in [-0.2, -0.15) is 13.2 Å². The summed E-state index contributed by atoms with van der Waals surface area (Å²) < 4.78 is 46.0. The minimum Gasteiger partial charge on any atom is -0.497 e. The number of aliphatic hydroxyl groups excluding tert-OH is 1. The van der Waals surface area contributed by atoms with Crippen LogP contribution in [0.5, 0.6) is 11.5 Å². The molecule has 0 amide bonds. The van der Waals surface area contributed by atoms with E-state index in [4.69, 9.17) is 9.47 Å². The molecule has 8 heteroatoms. The SMILES string of the molecule is COc1cccc(OCC(O)CNCCSC(F)(F)F)c1. The Morgan fingerprint density at radius 3 is 2.71 bits per heavy atom. The Labute approximate surface area is 125 Å². The van der Waals surface area contributed by atoms with Crippen molar-refractivity contribution in [3.05, 3.63) is 24.3 Å². The smallest absolute Gasteiger partial charge is 0.441 e. The first-order valence-electron chi connectivity index (χ1n) is 6.27. The molecule has 0 aliphatic carbocycles. The minimum atomic E-state index is -4.21. The third-order valence-electron chi connectivity index (χ3n) is 2.41. The minimum absolute atomic E-state index is 0.0482. The van der Waals surface area contributed by atoms with Crippen molar-refractivity contribution in [2.24, 2.45) is 0 Å². The summed E-state index contributed by atoms with van der Waals surface area (Å²) >= 11 is -0.0897. The highest BCUT2D eigenvalue weighted by Gasteiger charge is 2.27. The van der Waals surface area contributed by atoms with Crippen molar-refractivity contribution < 1.29 is 27.8 Å². The third-order valence-corrected chi connectivity index (χ3v) is 3.14. The average molecular weight is 325 g/mol. The van der Waals surface area contributed by atoms with Crippen LogP contribution in [0.15, 0.2) is 24.3 Å². The molecule has 1 atom stereocenters. The lowest BCUT2D eigenvalue weighted by molar-refractivity contribution is -0.0327. The molecule has 0 spiro atoms. The number of ether oxygens (including phenoxy) is 2. The van der Waals surface area contributed by atoms with Gasteiger partial charge in [-0.05, 0) is 23.9 Å². The zero-order valence-electron chi connectivity index (χ0n) is 11.5. The number of halogens is 3. The summed E-state index contributed by atoms with van der Waals surface area (Å²) in [5.74, 6) is 1.11. The summed E-state index contributed by atoms with van der Waals surface area (Å²) in [7, 11) is 1.54. The molecule has 21 heavy (non-hydrogen) atoms.